The number of rotatable bonds is 3. The number of hydrogen-bond donors (Lipinski definition) is 1. The van der Waals surface area contributed by atoms with Gasteiger partial charge < -0.3 is 9.84 Å². The number of aliphatic hydroxyl groups is 1. The van der Waals surface area contributed by atoms with E-state index < -0.39 is 6.29 Å². The van der Waals surface area contributed by atoms with Gasteiger partial charge in [0.25, 0.3) is 0 Å². The molecule has 1 aromatic rings. The van der Waals surface area contributed by atoms with E-state index in [4.69, 9.17) is 21.6 Å². The third-order valence-electron chi connectivity index (χ3n) is 1.77. The van der Waals surface area contributed by atoms with Gasteiger partial charge in [0, 0.05) is 18.6 Å². The van der Waals surface area contributed by atoms with Gasteiger partial charge in [-0.1, -0.05) is 11.6 Å². The van der Waals surface area contributed by atoms with Gasteiger partial charge in [-0.05, 0) is 23.8 Å². The maximum atomic E-state index is 9.22. The van der Waals surface area contributed by atoms with Crippen LogP contribution in [0.2, 0.25) is 5.02 Å². The van der Waals surface area contributed by atoms with Crippen LogP contribution in [0.1, 0.15) is 11.1 Å². The van der Waals surface area contributed by atoms with Crippen molar-refractivity contribution >= 4 is 11.6 Å². The lowest BCUT2D eigenvalue weighted by Crippen LogP contribution is -2.12. The van der Waals surface area contributed by atoms with Crippen molar-refractivity contribution in [3.8, 4) is 6.07 Å². The number of aliphatic hydroxyl groups excluding tert-OH is 1. The van der Waals surface area contributed by atoms with Gasteiger partial charge in [0.2, 0.25) is 0 Å². The summed E-state index contributed by atoms with van der Waals surface area (Å²) in [5.41, 5.74) is 1.26. The van der Waals surface area contributed by atoms with Crippen molar-refractivity contribution in [2.24, 2.45) is 0 Å². The number of ether oxygens (including phenoxy) is 1. The summed E-state index contributed by atoms with van der Waals surface area (Å²) in [6, 6.07) is 6.94. The molecule has 1 rings (SSSR count). The smallest absolute Gasteiger partial charge is 0.158 e. The predicted molar refractivity (Wildman–Crippen MR) is 52.9 cm³/mol. The monoisotopic (exact) mass is 211 g/mol. The van der Waals surface area contributed by atoms with E-state index in [-0.39, 0.29) is 0 Å². The minimum Gasteiger partial charge on any atom is -0.368 e. The normalized spacial score (nSPS) is 12.1. The third kappa shape index (κ3) is 3.00. The highest BCUT2D eigenvalue weighted by Crippen LogP contribution is 2.16. The Balaban J connectivity index is 2.88. The second-order valence-corrected chi connectivity index (χ2v) is 3.29. The van der Waals surface area contributed by atoms with Gasteiger partial charge in [-0.25, -0.2) is 0 Å². The van der Waals surface area contributed by atoms with Gasteiger partial charge in [-0.3, -0.25) is 0 Å². The Labute approximate surface area is 87.5 Å². The van der Waals surface area contributed by atoms with Crippen LogP contribution in [-0.4, -0.2) is 18.5 Å². The zero-order valence-electron chi connectivity index (χ0n) is 7.70. The van der Waals surface area contributed by atoms with Crippen molar-refractivity contribution in [2.45, 2.75) is 12.7 Å². The number of halogens is 1. The minimum atomic E-state index is -0.861. The first-order valence-electron chi connectivity index (χ1n) is 4.06. The van der Waals surface area contributed by atoms with Gasteiger partial charge in [-0.2, -0.15) is 5.26 Å². The molecule has 4 heteroatoms. The zero-order valence-corrected chi connectivity index (χ0v) is 8.45. The Morgan fingerprint density at radius 1 is 1.57 bits per heavy atom. The van der Waals surface area contributed by atoms with Gasteiger partial charge in [-0.15, -0.1) is 0 Å². The first-order chi connectivity index (χ1) is 6.65. The first-order valence-corrected chi connectivity index (χ1v) is 4.44. The quantitative estimate of drug-likeness (QED) is 0.775. The molecule has 0 heterocycles. The average molecular weight is 212 g/mol. The second-order valence-electron chi connectivity index (χ2n) is 2.85. The van der Waals surface area contributed by atoms with Crippen LogP contribution in [0.25, 0.3) is 0 Å². The molecule has 14 heavy (non-hydrogen) atoms. The minimum absolute atomic E-state index is 0.325. The van der Waals surface area contributed by atoms with Crippen molar-refractivity contribution in [1.82, 2.24) is 0 Å². The Kier molecular flexibility index (Phi) is 3.90. The molecule has 3 nitrogen and oxygen atoms in total. The fourth-order valence-corrected chi connectivity index (χ4v) is 1.38. The standard InChI is InChI=1S/C10H10ClNO2/c1-14-10(13)5-7-2-8(6-12)4-9(11)3-7/h2-4,10,13H,5H2,1H3. The third-order valence-corrected chi connectivity index (χ3v) is 1.99. The lowest BCUT2D eigenvalue weighted by Gasteiger charge is -2.08. The van der Waals surface area contributed by atoms with Crippen LogP contribution in [0.15, 0.2) is 18.2 Å². The Bertz CT molecular complexity index is 360. The highest BCUT2D eigenvalue weighted by molar-refractivity contribution is 6.30. The van der Waals surface area contributed by atoms with Crippen LogP contribution < -0.4 is 0 Å². The van der Waals surface area contributed by atoms with Crippen LogP contribution in [-0.2, 0) is 11.2 Å². The molecule has 0 spiro atoms. The van der Waals surface area contributed by atoms with Gasteiger partial charge in [0.15, 0.2) is 6.29 Å². The highest BCUT2D eigenvalue weighted by Gasteiger charge is 2.05. The number of hydrogen-bond acceptors (Lipinski definition) is 3. The van der Waals surface area contributed by atoms with Crippen molar-refractivity contribution < 1.29 is 9.84 Å². The highest BCUT2D eigenvalue weighted by atomic mass is 35.5. The number of nitriles is 1. The van der Waals surface area contributed by atoms with E-state index in [0.29, 0.717) is 17.0 Å². The van der Waals surface area contributed by atoms with E-state index in [2.05, 4.69) is 0 Å². The summed E-state index contributed by atoms with van der Waals surface area (Å²) >= 11 is 5.78. The maximum Gasteiger partial charge on any atom is 0.158 e. The van der Waals surface area contributed by atoms with Gasteiger partial charge >= 0.3 is 0 Å². The van der Waals surface area contributed by atoms with Crippen molar-refractivity contribution in [3.63, 3.8) is 0 Å². The molecule has 1 unspecified atom stereocenters. The molecule has 0 saturated carbocycles. The maximum absolute atomic E-state index is 9.22. The molecule has 0 bridgehead atoms. The second kappa shape index (κ2) is 4.97. The summed E-state index contributed by atoms with van der Waals surface area (Å²) in [6.45, 7) is 0. The summed E-state index contributed by atoms with van der Waals surface area (Å²) in [5.74, 6) is 0. The molecule has 0 aromatic heterocycles. The summed E-state index contributed by atoms with van der Waals surface area (Å²) in [5, 5.41) is 18.4. The van der Waals surface area contributed by atoms with Crippen molar-refractivity contribution in [3.05, 3.63) is 34.3 Å². The fraction of sp³-hybridized carbons (Fsp3) is 0.300. The molecule has 0 amide bonds. The van der Waals surface area contributed by atoms with Crippen LogP contribution >= 0.6 is 11.6 Å². The lowest BCUT2D eigenvalue weighted by atomic mass is 10.1. The topological polar surface area (TPSA) is 53.2 Å². The van der Waals surface area contributed by atoms with Gasteiger partial charge in [0.1, 0.15) is 0 Å². The van der Waals surface area contributed by atoms with Crippen LogP contribution in [0, 0.1) is 11.3 Å². The van der Waals surface area contributed by atoms with E-state index in [9.17, 15) is 5.11 Å². The lowest BCUT2D eigenvalue weighted by molar-refractivity contribution is -0.0720. The number of methoxy groups -OCH3 is 1. The molecule has 0 radical (unpaired) electrons. The van der Waals surface area contributed by atoms with E-state index in [1.165, 1.54) is 7.11 Å². The van der Waals surface area contributed by atoms with E-state index >= 15 is 0 Å². The number of benzene rings is 1. The molecule has 1 atom stereocenters. The molecule has 74 valence electrons. The van der Waals surface area contributed by atoms with E-state index in [1.54, 1.807) is 18.2 Å². The summed E-state index contributed by atoms with van der Waals surface area (Å²) in [6.07, 6.45) is -0.536. The largest absolute Gasteiger partial charge is 0.368 e. The van der Waals surface area contributed by atoms with E-state index in [1.807, 2.05) is 6.07 Å². The Morgan fingerprint density at radius 2 is 2.29 bits per heavy atom. The molecular formula is C10H10ClNO2. The van der Waals surface area contributed by atoms with Crippen LogP contribution in [0.3, 0.4) is 0 Å². The Hall–Kier alpha value is -1.08. The van der Waals surface area contributed by atoms with Gasteiger partial charge in [0.05, 0.1) is 11.6 Å². The molecule has 1 aromatic carbocycles. The van der Waals surface area contributed by atoms with Crippen molar-refractivity contribution in [1.29, 1.82) is 5.26 Å². The molecular weight excluding hydrogens is 202 g/mol. The predicted octanol–water partition coefficient (Wildman–Crippen LogP) is 1.72. The summed E-state index contributed by atoms with van der Waals surface area (Å²) < 4.78 is 4.70. The van der Waals surface area contributed by atoms with Crippen LogP contribution in [0.5, 0.6) is 0 Å². The summed E-state index contributed by atoms with van der Waals surface area (Å²) in [4.78, 5) is 0. The van der Waals surface area contributed by atoms with Crippen LogP contribution in [0.4, 0.5) is 0 Å². The average Bonchev–Trinajstić information content (AvgIpc) is 2.16. The molecule has 0 saturated heterocycles. The SMILES string of the molecule is COC(O)Cc1cc(Cl)cc(C#N)c1. The first kappa shape index (κ1) is 11.0. The van der Waals surface area contributed by atoms with E-state index in [0.717, 1.165) is 5.56 Å². The zero-order chi connectivity index (χ0) is 10.6. The summed E-state index contributed by atoms with van der Waals surface area (Å²) in [7, 11) is 1.42. The molecule has 0 aliphatic rings. The Morgan fingerprint density at radius 3 is 2.86 bits per heavy atom. The van der Waals surface area contributed by atoms with Crippen molar-refractivity contribution in [2.75, 3.05) is 7.11 Å². The molecule has 0 fully saturated rings. The fourth-order valence-electron chi connectivity index (χ4n) is 1.12. The molecule has 0 aliphatic carbocycles. The molecule has 0 aliphatic heterocycles. The number of nitrogens with zero attached hydrogens (tertiary/aromatic N) is 1. The molecule has 1 N–H and O–H groups in total.